The zero-order chi connectivity index (χ0) is 9.78. The minimum Gasteiger partial charge on any atom is -0.264 e. The van der Waals surface area contributed by atoms with Crippen LogP contribution in [0.25, 0.3) is 0 Å². The monoisotopic (exact) mass is 170 g/mol. The number of rotatable bonds is 4. The Kier molecular flexibility index (Phi) is 4.18. The highest BCUT2D eigenvalue weighted by Crippen LogP contribution is 2.10. The first-order chi connectivity index (χ1) is 5.39. The van der Waals surface area contributed by atoms with Crippen LogP contribution >= 0.6 is 0 Å². The van der Waals surface area contributed by atoms with E-state index < -0.39 is 0 Å². The van der Waals surface area contributed by atoms with Crippen LogP contribution in [0.5, 0.6) is 0 Å². The number of amides is 1. The summed E-state index contributed by atoms with van der Waals surface area (Å²) in [6, 6.07) is 0. The van der Waals surface area contributed by atoms with E-state index in [-0.39, 0.29) is 5.91 Å². The molecule has 12 heavy (non-hydrogen) atoms. The minimum atomic E-state index is 0.142. The maximum absolute atomic E-state index is 11.5. The fourth-order valence-electron chi connectivity index (χ4n) is 0.971. The highest BCUT2D eigenvalue weighted by atomic mass is 16.2. The van der Waals surface area contributed by atoms with E-state index in [0.29, 0.717) is 4.48 Å². The Bertz CT molecular complexity index is 177. The average molecular weight is 170 g/mol. The molecule has 0 aliphatic carbocycles. The number of hydrogen-bond donors (Lipinski definition) is 0. The van der Waals surface area contributed by atoms with Gasteiger partial charge < -0.3 is 0 Å². The van der Waals surface area contributed by atoms with Crippen molar-refractivity contribution >= 4 is 5.91 Å². The van der Waals surface area contributed by atoms with Crippen molar-refractivity contribution in [3.63, 3.8) is 0 Å². The van der Waals surface area contributed by atoms with Crippen molar-refractivity contribution < 1.29 is 9.28 Å². The van der Waals surface area contributed by atoms with Gasteiger partial charge in [0.1, 0.15) is 0 Å². The average Bonchev–Trinajstić information content (AvgIpc) is 1.97. The SMILES string of the molecule is C=C(CCCC)C(=O)[N+](C)(C)C. The molecule has 0 heterocycles. The largest absolute Gasteiger partial charge is 0.340 e. The van der Waals surface area contributed by atoms with Crippen LogP contribution in [-0.4, -0.2) is 31.5 Å². The van der Waals surface area contributed by atoms with E-state index in [1.54, 1.807) is 0 Å². The van der Waals surface area contributed by atoms with Crippen LogP contribution in [0.3, 0.4) is 0 Å². The third kappa shape index (κ3) is 3.67. The summed E-state index contributed by atoms with van der Waals surface area (Å²) in [5.74, 6) is 0.142. The predicted molar refractivity (Wildman–Crippen MR) is 51.7 cm³/mol. The van der Waals surface area contributed by atoms with E-state index >= 15 is 0 Å². The van der Waals surface area contributed by atoms with Gasteiger partial charge in [-0.2, -0.15) is 0 Å². The first-order valence-electron chi connectivity index (χ1n) is 4.43. The maximum atomic E-state index is 11.5. The molecule has 0 aliphatic rings. The second-order valence-corrected chi connectivity index (χ2v) is 4.02. The van der Waals surface area contributed by atoms with E-state index in [1.807, 2.05) is 21.1 Å². The summed E-state index contributed by atoms with van der Waals surface area (Å²) in [4.78, 5) is 11.5. The normalized spacial score (nSPS) is 11.3. The summed E-state index contributed by atoms with van der Waals surface area (Å²) in [5, 5.41) is 0. The molecule has 0 saturated carbocycles. The quantitative estimate of drug-likeness (QED) is 0.465. The molecular weight excluding hydrogens is 150 g/mol. The van der Waals surface area contributed by atoms with Crippen molar-refractivity contribution in [2.75, 3.05) is 21.1 Å². The zero-order valence-electron chi connectivity index (χ0n) is 8.68. The Morgan fingerprint density at radius 1 is 1.33 bits per heavy atom. The second kappa shape index (κ2) is 4.41. The van der Waals surface area contributed by atoms with Gasteiger partial charge in [0.15, 0.2) is 0 Å². The molecule has 0 aromatic carbocycles. The highest BCUT2D eigenvalue weighted by Gasteiger charge is 2.22. The fraction of sp³-hybridized carbons (Fsp3) is 0.700. The topological polar surface area (TPSA) is 17.1 Å². The van der Waals surface area contributed by atoms with Crippen LogP contribution in [0.15, 0.2) is 12.2 Å². The molecule has 0 atom stereocenters. The number of carbonyl (C=O) groups excluding carboxylic acids is 1. The van der Waals surface area contributed by atoms with Crippen molar-refractivity contribution in [2.45, 2.75) is 26.2 Å². The molecule has 0 aliphatic heterocycles. The molecular formula is C10H20NO+. The molecule has 0 bridgehead atoms. The van der Waals surface area contributed by atoms with Gasteiger partial charge >= 0.3 is 5.91 Å². The third-order valence-electron chi connectivity index (χ3n) is 1.74. The van der Waals surface area contributed by atoms with Crippen LogP contribution < -0.4 is 0 Å². The smallest absolute Gasteiger partial charge is 0.264 e. The summed E-state index contributed by atoms with van der Waals surface area (Å²) in [7, 11) is 5.62. The molecule has 0 rings (SSSR count). The van der Waals surface area contributed by atoms with Gasteiger partial charge in [0, 0.05) is 5.57 Å². The lowest BCUT2D eigenvalue weighted by Gasteiger charge is -2.21. The van der Waals surface area contributed by atoms with Crippen LogP contribution in [0.4, 0.5) is 0 Å². The van der Waals surface area contributed by atoms with Crippen LogP contribution in [0.2, 0.25) is 0 Å². The van der Waals surface area contributed by atoms with Crippen LogP contribution in [0, 0.1) is 0 Å². The van der Waals surface area contributed by atoms with Gasteiger partial charge in [0.25, 0.3) is 0 Å². The molecule has 2 nitrogen and oxygen atoms in total. The number of quaternary nitrogens is 1. The van der Waals surface area contributed by atoms with Gasteiger partial charge in [-0.05, 0) is 12.8 Å². The molecule has 1 amide bonds. The fourth-order valence-corrected chi connectivity index (χ4v) is 0.971. The van der Waals surface area contributed by atoms with E-state index in [1.165, 1.54) is 0 Å². The Morgan fingerprint density at radius 2 is 1.83 bits per heavy atom. The number of unbranched alkanes of at least 4 members (excludes halogenated alkanes) is 1. The molecule has 70 valence electrons. The molecule has 0 aromatic rings. The summed E-state index contributed by atoms with van der Waals surface area (Å²) in [6.07, 6.45) is 3.01. The molecule has 0 saturated heterocycles. The van der Waals surface area contributed by atoms with E-state index in [9.17, 15) is 4.79 Å². The van der Waals surface area contributed by atoms with Gasteiger partial charge in [0.2, 0.25) is 0 Å². The van der Waals surface area contributed by atoms with E-state index in [0.717, 1.165) is 24.8 Å². The molecule has 0 N–H and O–H groups in total. The number of likely N-dealkylation sites (N-methyl/N-ethyl adjacent to an activating group) is 1. The van der Waals surface area contributed by atoms with Gasteiger partial charge in [-0.1, -0.05) is 19.9 Å². The lowest BCUT2D eigenvalue weighted by atomic mass is 10.1. The van der Waals surface area contributed by atoms with Crippen molar-refractivity contribution in [2.24, 2.45) is 0 Å². The van der Waals surface area contributed by atoms with Crippen LogP contribution in [0.1, 0.15) is 26.2 Å². The van der Waals surface area contributed by atoms with Crippen molar-refractivity contribution in [3.8, 4) is 0 Å². The molecule has 2 heteroatoms. The van der Waals surface area contributed by atoms with Gasteiger partial charge in [-0.3, -0.25) is 4.48 Å². The maximum Gasteiger partial charge on any atom is 0.340 e. The predicted octanol–water partition coefficient (Wildman–Crippen LogP) is 1.97. The van der Waals surface area contributed by atoms with Crippen molar-refractivity contribution in [1.82, 2.24) is 0 Å². The first kappa shape index (κ1) is 11.4. The Morgan fingerprint density at radius 3 is 2.17 bits per heavy atom. The summed E-state index contributed by atoms with van der Waals surface area (Å²) < 4.78 is 0.350. The lowest BCUT2D eigenvalue weighted by Crippen LogP contribution is -2.41. The number of nitrogens with zero attached hydrogens (tertiary/aromatic N) is 1. The Hall–Kier alpha value is -0.630. The summed E-state index contributed by atoms with van der Waals surface area (Å²) >= 11 is 0. The zero-order valence-corrected chi connectivity index (χ0v) is 8.68. The van der Waals surface area contributed by atoms with E-state index in [2.05, 4.69) is 13.5 Å². The van der Waals surface area contributed by atoms with Crippen molar-refractivity contribution in [1.29, 1.82) is 0 Å². The number of hydrogen-bond acceptors (Lipinski definition) is 1. The Balaban J connectivity index is 4.04. The summed E-state index contributed by atoms with van der Waals surface area (Å²) in [5.41, 5.74) is 0.754. The molecule has 0 aromatic heterocycles. The van der Waals surface area contributed by atoms with Gasteiger partial charge in [-0.15, -0.1) is 0 Å². The Labute approximate surface area is 75.5 Å². The standard InChI is InChI=1S/C10H20NO/c1-6-7-8-9(2)10(12)11(3,4)5/h2,6-8H2,1,3-5H3/q+1. The molecule has 0 spiro atoms. The summed E-state index contributed by atoms with van der Waals surface area (Å²) in [6.45, 7) is 5.91. The van der Waals surface area contributed by atoms with Gasteiger partial charge in [0.05, 0.1) is 21.1 Å². The van der Waals surface area contributed by atoms with E-state index in [4.69, 9.17) is 0 Å². The molecule has 0 fully saturated rings. The lowest BCUT2D eigenvalue weighted by molar-refractivity contribution is -0.789. The molecule has 0 unspecified atom stereocenters. The first-order valence-corrected chi connectivity index (χ1v) is 4.43. The van der Waals surface area contributed by atoms with Gasteiger partial charge in [-0.25, -0.2) is 4.79 Å². The van der Waals surface area contributed by atoms with Crippen LogP contribution in [-0.2, 0) is 4.79 Å². The minimum absolute atomic E-state index is 0.142. The molecule has 0 radical (unpaired) electrons. The second-order valence-electron chi connectivity index (χ2n) is 4.02. The highest BCUT2D eigenvalue weighted by molar-refractivity contribution is 5.86. The third-order valence-corrected chi connectivity index (χ3v) is 1.74. The van der Waals surface area contributed by atoms with Crippen molar-refractivity contribution in [3.05, 3.63) is 12.2 Å². The number of carbonyl (C=O) groups is 1.